The molecule has 0 aliphatic carbocycles. The molecule has 0 heterocycles. The highest BCUT2D eigenvalue weighted by Gasteiger charge is 2.26. The lowest BCUT2D eigenvalue weighted by molar-refractivity contribution is -0.108. The molecule has 131 valence electrons. The van der Waals surface area contributed by atoms with Gasteiger partial charge in [-0.3, -0.25) is 0 Å². The Balaban J connectivity index is 1.80. The molecule has 3 aromatic rings. The molecule has 0 amide bonds. The normalized spacial score (nSPS) is 13.2. The van der Waals surface area contributed by atoms with Crippen LogP contribution in [0.1, 0.15) is 24.0 Å². The molecule has 0 aliphatic heterocycles. The van der Waals surface area contributed by atoms with Crippen LogP contribution in [0.5, 0.6) is 0 Å². The van der Waals surface area contributed by atoms with Crippen molar-refractivity contribution in [3.63, 3.8) is 0 Å². The number of rotatable bonds is 7. The molecular weight excluding hydrogens is 384 g/mol. The van der Waals surface area contributed by atoms with E-state index in [4.69, 9.17) is 0 Å². The van der Waals surface area contributed by atoms with E-state index in [1.807, 2.05) is 30.3 Å². The van der Waals surface area contributed by atoms with Crippen molar-refractivity contribution in [2.24, 2.45) is 0 Å². The van der Waals surface area contributed by atoms with Crippen LogP contribution in [0.15, 0.2) is 83.3 Å². The second-order valence-corrected chi connectivity index (χ2v) is 7.64. The second kappa shape index (κ2) is 8.46. The standard InChI is InChI=1S/C24H22BrO/c1-24(17-18-26,16-15-19-5-3-2-4-6-19)22-11-7-20(8-12-22)21-9-13-23(25)14-10-21/h2-14,18H,1,15-17H2. The Morgan fingerprint density at radius 3 is 2.00 bits per heavy atom. The Hall–Kier alpha value is -2.19. The summed E-state index contributed by atoms with van der Waals surface area (Å²) in [5.41, 5.74) is 4.33. The van der Waals surface area contributed by atoms with Crippen molar-refractivity contribution in [2.45, 2.75) is 24.7 Å². The van der Waals surface area contributed by atoms with Crippen molar-refractivity contribution < 1.29 is 4.79 Å². The number of aryl methyl sites for hydroxylation is 1. The number of carbonyl (C=O) groups is 1. The Labute approximate surface area is 164 Å². The lowest BCUT2D eigenvalue weighted by Gasteiger charge is -2.28. The van der Waals surface area contributed by atoms with Crippen LogP contribution in [-0.4, -0.2) is 6.29 Å². The van der Waals surface area contributed by atoms with Crippen molar-refractivity contribution in [3.05, 3.63) is 101 Å². The molecule has 26 heavy (non-hydrogen) atoms. The molecule has 0 saturated heterocycles. The molecule has 1 nitrogen and oxygen atoms in total. The van der Waals surface area contributed by atoms with Crippen molar-refractivity contribution in [3.8, 4) is 11.1 Å². The monoisotopic (exact) mass is 405 g/mol. The van der Waals surface area contributed by atoms with Crippen molar-refractivity contribution in [1.29, 1.82) is 0 Å². The molecule has 1 atom stereocenters. The van der Waals surface area contributed by atoms with E-state index < -0.39 is 5.41 Å². The summed E-state index contributed by atoms with van der Waals surface area (Å²) in [6, 6.07) is 27.1. The molecule has 0 N–H and O–H groups in total. The van der Waals surface area contributed by atoms with Crippen molar-refractivity contribution >= 4 is 22.2 Å². The summed E-state index contributed by atoms with van der Waals surface area (Å²) >= 11 is 3.47. The van der Waals surface area contributed by atoms with E-state index in [0.29, 0.717) is 6.42 Å². The SMILES string of the molecule is [CH2]C(CC=O)(CCc1ccccc1)c1ccc(-c2ccc(Br)cc2)cc1. The lowest BCUT2D eigenvalue weighted by Crippen LogP contribution is -2.24. The number of benzene rings is 3. The third-order valence-corrected chi connectivity index (χ3v) is 5.41. The van der Waals surface area contributed by atoms with E-state index in [0.717, 1.165) is 34.7 Å². The summed E-state index contributed by atoms with van der Waals surface area (Å²) in [7, 11) is 0. The molecule has 1 unspecified atom stereocenters. The van der Waals surface area contributed by atoms with Gasteiger partial charge in [0.1, 0.15) is 6.29 Å². The summed E-state index contributed by atoms with van der Waals surface area (Å²) < 4.78 is 1.07. The fourth-order valence-electron chi connectivity index (χ4n) is 3.21. The van der Waals surface area contributed by atoms with Gasteiger partial charge in [-0.25, -0.2) is 0 Å². The topological polar surface area (TPSA) is 17.1 Å². The molecule has 3 aromatic carbocycles. The average Bonchev–Trinajstić information content (AvgIpc) is 2.68. The summed E-state index contributed by atoms with van der Waals surface area (Å²) in [4.78, 5) is 11.3. The highest BCUT2D eigenvalue weighted by molar-refractivity contribution is 9.10. The first kappa shape index (κ1) is 18.6. The second-order valence-electron chi connectivity index (χ2n) is 6.72. The van der Waals surface area contributed by atoms with Gasteiger partial charge < -0.3 is 4.79 Å². The maximum atomic E-state index is 11.3. The van der Waals surface area contributed by atoms with Crippen molar-refractivity contribution in [1.82, 2.24) is 0 Å². The Kier molecular flexibility index (Phi) is 6.05. The van der Waals surface area contributed by atoms with Gasteiger partial charge in [0.15, 0.2) is 0 Å². The van der Waals surface area contributed by atoms with Crippen LogP contribution in [0.4, 0.5) is 0 Å². The molecule has 0 aliphatic rings. The van der Waals surface area contributed by atoms with Crippen LogP contribution >= 0.6 is 15.9 Å². The molecule has 3 rings (SSSR count). The van der Waals surface area contributed by atoms with Crippen LogP contribution in [0, 0.1) is 6.92 Å². The zero-order valence-electron chi connectivity index (χ0n) is 14.7. The van der Waals surface area contributed by atoms with E-state index in [9.17, 15) is 4.79 Å². The first-order valence-corrected chi connectivity index (χ1v) is 9.59. The van der Waals surface area contributed by atoms with Crippen LogP contribution in [0.3, 0.4) is 0 Å². The van der Waals surface area contributed by atoms with Gasteiger partial charge in [0.2, 0.25) is 0 Å². The van der Waals surface area contributed by atoms with Crippen LogP contribution < -0.4 is 0 Å². The predicted octanol–water partition coefficient (Wildman–Crippen LogP) is 6.41. The molecule has 0 bridgehead atoms. The Morgan fingerprint density at radius 1 is 0.846 bits per heavy atom. The van der Waals surface area contributed by atoms with Crippen LogP contribution in [0.25, 0.3) is 11.1 Å². The van der Waals surface area contributed by atoms with Gasteiger partial charge >= 0.3 is 0 Å². The van der Waals surface area contributed by atoms with Crippen LogP contribution in [-0.2, 0) is 16.6 Å². The molecule has 0 spiro atoms. The fourth-order valence-corrected chi connectivity index (χ4v) is 3.47. The largest absolute Gasteiger partial charge is 0.303 e. The molecule has 0 saturated carbocycles. The minimum absolute atomic E-state index is 0.393. The molecule has 0 aromatic heterocycles. The number of aldehydes is 1. The Bertz CT molecular complexity index is 838. The first-order chi connectivity index (χ1) is 12.6. The minimum atomic E-state index is -0.393. The molecule has 2 heteroatoms. The third-order valence-electron chi connectivity index (χ3n) is 4.88. The minimum Gasteiger partial charge on any atom is -0.303 e. The smallest absolute Gasteiger partial charge is 0.120 e. The van der Waals surface area contributed by atoms with Gasteiger partial charge in [0, 0.05) is 16.3 Å². The zero-order valence-corrected chi connectivity index (χ0v) is 16.3. The molecular formula is C24H22BrO. The Morgan fingerprint density at radius 2 is 1.42 bits per heavy atom. The molecule has 1 radical (unpaired) electrons. The van der Waals surface area contributed by atoms with Gasteiger partial charge in [-0.2, -0.15) is 0 Å². The van der Waals surface area contributed by atoms with Crippen LogP contribution in [0.2, 0.25) is 0 Å². The number of hydrogen-bond donors (Lipinski definition) is 0. The maximum absolute atomic E-state index is 11.3. The third kappa shape index (κ3) is 4.50. The van der Waals surface area contributed by atoms with Gasteiger partial charge in [-0.1, -0.05) is 82.7 Å². The highest BCUT2D eigenvalue weighted by atomic mass is 79.9. The van der Waals surface area contributed by atoms with E-state index in [2.05, 4.69) is 71.4 Å². The average molecular weight is 406 g/mol. The zero-order chi connectivity index (χ0) is 18.4. The van der Waals surface area contributed by atoms with E-state index >= 15 is 0 Å². The first-order valence-electron chi connectivity index (χ1n) is 8.80. The van der Waals surface area contributed by atoms with Crippen molar-refractivity contribution in [2.75, 3.05) is 0 Å². The van der Waals surface area contributed by atoms with E-state index in [1.54, 1.807) is 0 Å². The number of halogens is 1. The summed E-state index contributed by atoms with van der Waals surface area (Å²) in [6.07, 6.45) is 3.16. The van der Waals surface area contributed by atoms with Gasteiger partial charge in [-0.05, 0) is 54.2 Å². The van der Waals surface area contributed by atoms with E-state index in [-0.39, 0.29) is 0 Å². The summed E-state index contributed by atoms with van der Waals surface area (Å²) in [5.74, 6) is 0. The number of carbonyl (C=O) groups excluding carboxylic acids is 1. The van der Waals surface area contributed by atoms with Gasteiger partial charge in [-0.15, -0.1) is 0 Å². The number of hydrogen-bond acceptors (Lipinski definition) is 1. The maximum Gasteiger partial charge on any atom is 0.120 e. The quantitative estimate of drug-likeness (QED) is 0.415. The van der Waals surface area contributed by atoms with Gasteiger partial charge in [0.25, 0.3) is 0 Å². The van der Waals surface area contributed by atoms with Gasteiger partial charge in [0.05, 0.1) is 0 Å². The lowest BCUT2D eigenvalue weighted by atomic mass is 9.75. The fraction of sp³-hybridized carbons (Fsp3) is 0.167. The predicted molar refractivity (Wildman–Crippen MR) is 112 cm³/mol. The summed E-state index contributed by atoms with van der Waals surface area (Å²) in [5, 5.41) is 0. The highest BCUT2D eigenvalue weighted by Crippen LogP contribution is 2.33. The summed E-state index contributed by atoms with van der Waals surface area (Å²) in [6.45, 7) is 4.42. The van der Waals surface area contributed by atoms with E-state index in [1.165, 1.54) is 11.1 Å². The molecule has 0 fully saturated rings.